The van der Waals surface area contributed by atoms with Gasteiger partial charge in [0.2, 0.25) is 5.52 Å². The second-order valence-corrected chi connectivity index (χ2v) is 5.50. The fraction of sp³-hybridized carbons (Fsp3) is 0.333. The summed E-state index contributed by atoms with van der Waals surface area (Å²) in [5, 5.41) is 1.33. The number of esters is 1. The van der Waals surface area contributed by atoms with Gasteiger partial charge in [0, 0.05) is 11.0 Å². The minimum Gasteiger partial charge on any atom is -0.462 e. The van der Waals surface area contributed by atoms with Gasteiger partial charge in [-0.3, -0.25) is 0 Å². The quantitative estimate of drug-likeness (QED) is 0.490. The van der Waals surface area contributed by atoms with Crippen LogP contribution in [0, 0.1) is 0 Å². The number of hydrogen-bond acceptors (Lipinski definition) is 3. The highest BCUT2D eigenvalue weighted by Crippen LogP contribution is 2.28. The van der Waals surface area contributed by atoms with Gasteiger partial charge in [-0.2, -0.15) is 4.57 Å². The molecule has 0 atom stereocenters. The Morgan fingerprint density at radius 1 is 1.40 bits per heavy atom. The van der Waals surface area contributed by atoms with E-state index < -0.39 is 0 Å². The van der Waals surface area contributed by atoms with E-state index in [0.717, 1.165) is 17.4 Å². The first-order chi connectivity index (χ1) is 9.62. The van der Waals surface area contributed by atoms with Gasteiger partial charge in [-0.15, -0.1) is 11.8 Å². The number of thioether (sulfide) groups is 1. The minimum absolute atomic E-state index is 0.338. The van der Waals surface area contributed by atoms with Gasteiger partial charge in [0.25, 0.3) is 0 Å². The Balaban J connectivity index is 2.69. The average Bonchev–Trinajstić information content (AvgIpc) is 2.47. The van der Waals surface area contributed by atoms with Gasteiger partial charge < -0.3 is 4.74 Å². The summed E-state index contributed by atoms with van der Waals surface area (Å²) in [4.78, 5) is 13.1. The standard InChI is InChI=1S/C15H17ClNO2S/c1-4-17-9-12(15(18)19-5-2)14(16)11-7-6-10(20-3)8-13(11)17/h6-9H,4-5H2,1-3H3/q+1. The van der Waals surface area contributed by atoms with Crippen LogP contribution in [0.15, 0.2) is 29.3 Å². The molecule has 0 radical (unpaired) electrons. The van der Waals surface area contributed by atoms with Crippen molar-refractivity contribution in [2.75, 3.05) is 12.9 Å². The molecule has 3 nitrogen and oxygen atoms in total. The summed E-state index contributed by atoms with van der Waals surface area (Å²) in [5.74, 6) is -0.379. The van der Waals surface area contributed by atoms with E-state index in [4.69, 9.17) is 16.3 Å². The largest absolute Gasteiger partial charge is 0.462 e. The van der Waals surface area contributed by atoms with Crippen molar-refractivity contribution in [3.63, 3.8) is 0 Å². The third-order valence-electron chi connectivity index (χ3n) is 3.11. The van der Waals surface area contributed by atoms with Crippen molar-refractivity contribution in [2.24, 2.45) is 0 Å². The first-order valence-electron chi connectivity index (χ1n) is 6.49. The molecule has 2 aromatic rings. The summed E-state index contributed by atoms with van der Waals surface area (Å²) in [6.07, 6.45) is 3.80. The second-order valence-electron chi connectivity index (χ2n) is 4.25. The van der Waals surface area contributed by atoms with Crippen LogP contribution in [0.2, 0.25) is 5.02 Å². The van der Waals surface area contributed by atoms with E-state index in [1.807, 2.05) is 29.9 Å². The van der Waals surface area contributed by atoms with E-state index >= 15 is 0 Å². The number of benzene rings is 1. The first kappa shape index (κ1) is 15.1. The number of carbonyl (C=O) groups is 1. The van der Waals surface area contributed by atoms with Gasteiger partial charge in [-0.1, -0.05) is 11.6 Å². The molecular weight excluding hydrogens is 294 g/mol. The van der Waals surface area contributed by atoms with E-state index in [1.165, 1.54) is 4.90 Å². The van der Waals surface area contributed by atoms with E-state index in [0.29, 0.717) is 17.2 Å². The molecule has 1 aromatic carbocycles. The number of hydrogen-bond donors (Lipinski definition) is 0. The number of carbonyl (C=O) groups excluding carboxylic acids is 1. The Bertz CT molecular complexity index is 658. The van der Waals surface area contributed by atoms with Crippen molar-refractivity contribution >= 4 is 40.2 Å². The number of fused-ring (bicyclic) bond motifs is 1. The Kier molecular flexibility index (Phi) is 4.89. The molecule has 1 heterocycles. The van der Waals surface area contributed by atoms with Crippen LogP contribution < -0.4 is 4.57 Å². The highest BCUT2D eigenvalue weighted by atomic mass is 35.5. The van der Waals surface area contributed by atoms with Crippen LogP contribution in [0.3, 0.4) is 0 Å². The third kappa shape index (κ3) is 2.76. The molecule has 0 bridgehead atoms. The second kappa shape index (κ2) is 6.46. The molecule has 2 rings (SSSR count). The van der Waals surface area contributed by atoms with E-state index in [2.05, 4.69) is 6.07 Å². The molecule has 0 N–H and O–H groups in total. The molecule has 0 saturated heterocycles. The Hall–Kier alpha value is -1.26. The van der Waals surface area contributed by atoms with Crippen molar-refractivity contribution in [1.29, 1.82) is 0 Å². The maximum atomic E-state index is 12.0. The summed E-state index contributed by atoms with van der Waals surface area (Å²) in [5.41, 5.74) is 1.44. The van der Waals surface area contributed by atoms with Crippen LogP contribution in [0.25, 0.3) is 10.9 Å². The third-order valence-corrected chi connectivity index (χ3v) is 4.24. The number of halogens is 1. The molecule has 0 amide bonds. The van der Waals surface area contributed by atoms with Gasteiger partial charge in [0.05, 0.1) is 17.0 Å². The Morgan fingerprint density at radius 2 is 2.15 bits per heavy atom. The molecule has 20 heavy (non-hydrogen) atoms. The molecule has 0 aliphatic carbocycles. The van der Waals surface area contributed by atoms with Crippen LogP contribution in [-0.2, 0) is 11.3 Å². The van der Waals surface area contributed by atoms with Gasteiger partial charge in [0.1, 0.15) is 12.1 Å². The lowest BCUT2D eigenvalue weighted by Gasteiger charge is -2.08. The molecule has 1 aromatic heterocycles. The Labute approximate surface area is 127 Å². The predicted molar refractivity (Wildman–Crippen MR) is 82.6 cm³/mol. The molecule has 0 unspecified atom stereocenters. The lowest BCUT2D eigenvalue weighted by molar-refractivity contribution is -0.668. The lowest BCUT2D eigenvalue weighted by Crippen LogP contribution is -2.34. The van der Waals surface area contributed by atoms with Crippen molar-refractivity contribution in [3.05, 3.63) is 35.0 Å². The molecule has 0 aliphatic rings. The van der Waals surface area contributed by atoms with E-state index in [1.54, 1.807) is 24.9 Å². The molecule has 5 heteroatoms. The van der Waals surface area contributed by atoms with E-state index in [-0.39, 0.29) is 5.97 Å². The summed E-state index contributed by atoms with van der Waals surface area (Å²) in [7, 11) is 0. The number of pyridine rings is 1. The van der Waals surface area contributed by atoms with Gasteiger partial charge in [-0.05, 0) is 32.2 Å². The molecule has 0 spiro atoms. The highest BCUT2D eigenvalue weighted by Gasteiger charge is 2.22. The molecule has 0 saturated carbocycles. The topological polar surface area (TPSA) is 30.2 Å². The minimum atomic E-state index is -0.379. The van der Waals surface area contributed by atoms with Crippen LogP contribution in [0.4, 0.5) is 0 Å². The summed E-state index contributed by atoms with van der Waals surface area (Å²) >= 11 is 8.05. The number of aromatic nitrogens is 1. The van der Waals surface area contributed by atoms with Crippen molar-refractivity contribution in [2.45, 2.75) is 25.3 Å². The molecule has 0 aliphatic heterocycles. The van der Waals surface area contributed by atoms with Crippen LogP contribution in [0.1, 0.15) is 24.2 Å². The summed E-state index contributed by atoms with van der Waals surface area (Å²) in [6, 6.07) is 6.05. The molecular formula is C15H17ClNO2S+. The van der Waals surface area contributed by atoms with Gasteiger partial charge in [-0.25, -0.2) is 4.79 Å². The summed E-state index contributed by atoms with van der Waals surface area (Å²) < 4.78 is 7.08. The number of ether oxygens (including phenoxy) is 1. The van der Waals surface area contributed by atoms with Gasteiger partial charge >= 0.3 is 5.97 Å². The van der Waals surface area contributed by atoms with Crippen LogP contribution in [0.5, 0.6) is 0 Å². The van der Waals surface area contributed by atoms with Crippen molar-refractivity contribution in [1.82, 2.24) is 0 Å². The predicted octanol–water partition coefficient (Wildman–Crippen LogP) is 3.70. The SMILES string of the molecule is CCOC(=O)c1c[n+](CC)c2cc(SC)ccc2c1Cl. The fourth-order valence-electron chi connectivity index (χ4n) is 2.10. The summed E-state index contributed by atoms with van der Waals surface area (Å²) in [6.45, 7) is 4.92. The van der Waals surface area contributed by atoms with Crippen LogP contribution >= 0.6 is 23.4 Å². The maximum absolute atomic E-state index is 12.0. The zero-order chi connectivity index (χ0) is 14.7. The zero-order valence-electron chi connectivity index (χ0n) is 11.8. The average molecular weight is 311 g/mol. The lowest BCUT2D eigenvalue weighted by atomic mass is 10.1. The van der Waals surface area contributed by atoms with Crippen molar-refractivity contribution in [3.8, 4) is 0 Å². The van der Waals surface area contributed by atoms with Crippen LogP contribution in [-0.4, -0.2) is 18.8 Å². The smallest absolute Gasteiger partial charge is 0.345 e. The number of aryl methyl sites for hydroxylation is 1. The highest BCUT2D eigenvalue weighted by molar-refractivity contribution is 7.98. The fourth-order valence-corrected chi connectivity index (χ4v) is 2.82. The first-order valence-corrected chi connectivity index (χ1v) is 8.09. The molecule has 106 valence electrons. The van der Waals surface area contributed by atoms with E-state index in [9.17, 15) is 4.79 Å². The van der Waals surface area contributed by atoms with Gasteiger partial charge in [0.15, 0.2) is 6.20 Å². The zero-order valence-corrected chi connectivity index (χ0v) is 13.3. The van der Waals surface area contributed by atoms with Crippen molar-refractivity contribution < 1.29 is 14.1 Å². The normalized spacial score (nSPS) is 10.8. The monoisotopic (exact) mass is 310 g/mol. The number of nitrogens with zero attached hydrogens (tertiary/aromatic N) is 1. The number of rotatable bonds is 4. The Morgan fingerprint density at radius 3 is 2.75 bits per heavy atom. The molecule has 0 fully saturated rings. The maximum Gasteiger partial charge on any atom is 0.345 e.